The van der Waals surface area contributed by atoms with E-state index in [1.807, 2.05) is 0 Å². The lowest BCUT2D eigenvalue weighted by molar-refractivity contribution is 0.0759. The Kier molecular flexibility index (Phi) is 5.26. The molecule has 16 heavy (non-hydrogen) atoms. The Hall–Kier alpha value is -0.0800. The Morgan fingerprint density at radius 3 is 2.31 bits per heavy atom. The number of piperazine rings is 1. The number of nitrogens with zero attached hydrogens (tertiary/aromatic N) is 1. The summed E-state index contributed by atoms with van der Waals surface area (Å²) >= 11 is 0. The lowest BCUT2D eigenvalue weighted by atomic mass is 9.96. The molecule has 1 N–H and O–H groups in total. The van der Waals surface area contributed by atoms with Crippen molar-refractivity contribution in [1.82, 2.24) is 10.2 Å². The van der Waals surface area contributed by atoms with Crippen LogP contribution < -0.4 is 5.32 Å². The lowest BCUT2D eigenvalue weighted by Gasteiger charge is -2.44. The highest BCUT2D eigenvalue weighted by Gasteiger charge is 2.29. The Morgan fingerprint density at radius 1 is 1.19 bits per heavy atom. The second-order valence-electron chi connectivity index (χ2n) is 6.28. The molecule has 0 saturated carbocycles. The molecule has 2 nitrogen and oxygen atoms in total. The fourth-order valence-corrected chi connectivity index (χ4v) is 2.79. The van der Waals surface area contributed by atoms with E-state index in [4.69, 9.17) is 0 Å². The van der Waals surface area contributed by atoms with Gasteiger partial charge in [-0.15, -0.1) is 0 Å². The van der Waals surface area contributed by atoms with Gasteiger partial charge in [-0.1, -0.05) is 27.7 Å². The van der Waals surface area contributed by atoms with Gasteiger partial charge in [-0.2, -0.15) is 0 Å². The van der Waals surface area contributed by atoms with Crippen molar-refractivity contribution in [1.29, 1.82) is 0 Å². The van der Waals surface area contributed by atoms with Crippen LogP contribution in [0.5, 0.6) is 0 Å². The third-order valence-electron chi connectivity index (χ3n) is 3.83. The molecule has 2 heteroatoms. The van der Waals surface area contributed by atoms with Gasteiger partial charge in [0.15, 0.2) is 0 Å². The normalized spacial score (nSPS) is 30.0. The minimum atomic E-state index is 0.672. The maximum Gasteiger partial charge on any atom is 0.0218 e. The maximum atomic E-state index is 3.66. The average molecular weight is 226 g/mol. The van der Waals surface area contributed by atoms with Crippen LogP contribution in [0.1, 0.15) is 48.0 Å². The predicted molar refractivity (Wildman–Crippen MR) is 71.7 cm³/mol. The zero-order valence-corrected chi connectivity index (χ0v) is 12.0. The molecule has 3 atom stereocenters. The van der Waals surface area contributed by atoms with Gasteiger partial charge in [-0.3, -0.25) is 4.90 Å². The van der Waals surface area contributed by atoms with Crippen molar-refractivity contribution in [3.05, 3.63) is 0 Å². The van der Waals surface area contributed by atoms with Crippen LogP contribution in [0.4, 0.5) is 0 Å². The third kappa shape index (κ3) is 3.74. The van der Waals surface area contributed by atoms with Crippen molar-refractivity contribution in [3.8, 4) is 0 Å². The van der Waals surface area contributed by atoms with Crippen LogP contribution in [-0.2, 0) is 0 Å². The first-order valence-corrected chi connectivity index (χ1v) is 6.91. The standard InChI is InChI=1S/C14H30N2/c1-10(2)7-12(5)16-9-14(11(3)4)15-8-13(16)6/h10-15H,7-9H2,1-6H3. The molecule has 1 heterocycles. The van der Waals surface area contributed by atoms with Crippen LogP contribution in [0.25, 0.3) is 0 Å². The number of nitrogens with one attached hydrogen (secondary N) is 1. The summed E-state index contributed by atoms with van der Waals surface area (Å²) in [5.41, 5.74) is 0. The van der Waals surface area contributed by atoms with E-state index in [0.29, 0.717) is 12.1 Å². The largest absolute Gasteiger partial charge is 0.311 e. The molecule has 0 aromatic carbocycles. The molecule has 3 unspecified atom stereocenters. The summed E-state index contributed by atoms with van der Waals surface area (Å²) in [7, 11) is 0. The fraction of sp³-hybridized carbons (Fsp3) is 1.00. The summed E-state index contributed by atoms with van der Waals surface area (Å²) in [6.07, 6.45) is 1.31. The van der Waals surface area contributed by atoms with Gasteiger partial charge in [-0.05, 0) is 32.1 Å². The molecule has 0 bridgehead atoms. The van der Waals surface area contributed by atoms with Gasteiger partial charge in [0, 0.05) is 31.2 Å². The first-order valence-electron chi connectivity index (χ1n) is 6.91. The second-order valence-corrected chi connectivity index (χ2v) is 6.28. The molecule has 0 spiro atoms. The van der Waals surface area contributed by atoms with Crippen molar-refractivity contribution in [2.45, 2.75) is 66.1 Å². The molecule has 1 saturated heterocycles. The summed E-state index contributed by atoms with van der Waals surface area (Å²) in [5.74, 6) is 1.54. The van der Waals surface area contributed by atoms with Gasteiger partial charge < -0.3 is 5.32 Å². The molecule has 0 aliphatic carbocycles. The van der Waals surface area contributed by atoms with Crippen LogP contribution in [-0.4, -0.2) is 36.1 Å². The number of hydrogen-bond donors (Lipinski definition) is 1. The first kappa shape index (κ1) is 14.0. The van der Waals surface area contributed by atoms with Gasteiger partial charge in [0.05, 0.1) is 0 Å². The predicted octanol–water partition coefficient (Wildman–Crippen LogP) is 2.74. The van der Waals surface area contributed by atoms with Crippen LogP contribution in [0.3, 0.4) is 0 Å². The monoisotopic (exact) mass is 226 g/mol. The summed E-state index contributed by atoms with van der Waals surface area (Å²) in [6.45, 7) is 16.4. The summed E-state index contributed by atoms with van der Waals surface area (Å²) in [6, 6.07) is 2.08. The molecule has 1 rings (SSSR count). The van der Waals surface area contributed by atoms with E-state index in [9.17, 15) is 0 Å². The van der Waals surface area contributed by atoms with Crippen molar-refractivity contribution >= 4 is 0 Å². The van der Waals surface area contributed by atoms with Gasteiger partial charge in [-0.25, -0.2) is 0 Å². The van der Waals surface area contributed by atoms with E-state index >= 15 is 0 Å². The van der Waals surface area contributed by atoms with E-state index in [1.165, 1.54) is 13.0 Å². The summed E-state index contributed by atoms with van der Waals surface area (Å²) < 4.78 is 0. The van der Waals surface area contributed by atoms with Crippen molar-refractivity contribution in [3.63, 3.8) is 0 Å². The van der Waals surface area contributed by atoms with E-state index in [2.05, 4.69) is 51.8 Å². The van der Waals surface area contributed by atoms with Crippen LogP contribution in [0.15, 0.2) is 0 Å². The molecule has 0 aromatic heterocycles. The number of hydrogen-bond acceptors (Lipinski definition) is 2. The quantitative estimate of drug-likeness (QED) is 0.793. The van der Waals surface area contributed by atoms with Crippen LogP contribution in [0, 0.1) is 11.8 Å². The Balaban J connectivity index is 2.55. The molecule has 0 amide bonds. The highest BCUT2D eigenvalue weighted by atomic mass is 15.2. The Bertz CT molecular complexity index is 201. The van der Waals surface area contributed by atoms with E-state index in [0.717, 1.165) is 24.4 Å². The van der Waals surface area contributed by atoms with Crippen molar-refractivity contribution in [2.75, 3.05) is 13.1 Å². The zero-order chi connectivity index (χ0) is 12.3. The molecule has 1 aliphatic rings. The lowest BCUT2D eigenvalue weighted by Crippen LogP contribution is -2.59. The SMILES string of the molecule is CC(C)CC(C)N1CC(C(C)C)NCC1C. The summed E-state index contributed by atoms with van der Waals surface area (Å²) in [5, 5.41) is 3.66. The molecular formula is C14H30N2. The molecule has 1 fully saturated rings. The van der Waals surface area contributed by atoms with Crippen LogP contribution in [0.2, 0.25) is 0 Å². The van der Waals surface area contributed by atoms with Gasteiger partial charge in [0.25, 0.3) is 0 Å². The average Bonchev–Trinajstić information content (AvgIpc) is 2.16. The van der Waals surface area contributed by atoms with Gasteiger partial charge in [0.1, 0.15) is 0 Å². The fourth-order valence-electron chi connectivity index (χ4n) is 2.79. The van der Waals surface area contributed by atoms with E-state index in [1.54, 1.807) is 0 Å². The zero-order valence-electron chi connectivity index (χ0n) is 12.0. The number of rotatable bonds is 4. The van der Waals surface area contributed by atoms with Crippen LogP contribution >= 0.6 is 0 Å². The highest BCUT2D eigenvalue weighted by Crippen LogP contribution is 2.19. The molecule has 0 aromatic rings. The van der Waals surface area contributed by atoms with E-state index < -0.39 is 0 Å². The molecule has 96 valence electrons. The van der Waals surface area contributed by atoms with Gasteiger partial charge >= 0.3 is 0 Å². The molecule has 0 radical (unpaired) electrons. The smallest absolute Gasteiger partial charge is 0.0218 e. The topological polar surface area (TPSA) is 15.3 Å². The van der Waals surface area contributed by atoms with Crippen molar-refractivity contribution < 1.29 is 0 Å². The Labute approximate surface area is 102 Å². The second kappa shape index (κ2) is 6.02. The Morgan fingerprint density at radius 2 is 1.81 bits per heavy atom. The minimum Gasteiger partial charge on any atom is -0.311 e. The first-order chi connectivity index (χ1) is 7.41. The van der Waals surface area contributed by atoms with Gasteiger partial charge in [0.2, 0.25) is 0 Å². The maximum absolute atomic E-state index is 3.66. The third-order valence-corrected chi connectivity index (χ3v) is 3.83. The molecule has 1 aliphatic heterocycles. The van der Waals surface area contributed by atoms with E-state index in [-0.39, 0.29) is 0 Å². The van der Waals surface area contributed by atoms with Crippen molar-refractivity contribution in [2.24, 2.45) is 11.8 Å². The molecular weight excluding hydrogens is 196 g/mol. The summed E-state index contributed by atoms with van der Waals surface area (Å²) in [4.78, 5) is 2.70. The highest BCUT2D eigenvalue weighted by molar-refractivity contribution is 4.88. The minimum absolute atomic E-state index is 0.672.